The molecule has 0 amide bonds. The van der Waals surface area contributed by atoms with E-state index in [9.17, 15) is 5.26 Å². The largest absolute Gasteiger partial charge is 0.441 e. The van der Waals surface area contributed by atoms with Crippen LogP contribution in [0.1, 0.15) is 25.4 Å². The molecule has 0 aliphatic carbocycles. The van der Waals surface area contributed by atoms with E-state index in [1.807, 2.05) is 36.4 Å². The van der Waals surface area contributed by atoms with Gasteiger partial charge >= 0.3 is 0 Å². The summed E-state index contributed by atoms with van der Waals surface area (Å²) in [5.41, 5.74) is 2.17. The molecule has 0 spiro atoms. The van der Waals surface area contributed by atoms with Crippen molar-refractivity contribution in [3.8, 4) is 6.07 Å². The third-order valence-electron chi connectivity index (χ3n) is 4.40. The summed E-state index contributed by atoms with van der Waals surface area (Å²) < 4.78 is 11.7. The molecule has 0 radical (unpaired) electrons. The monoisotopic (exact) mass is 348 g/mol. The quantitative estimate of drug-likeness (QED) is 0.728. The fourth-order valence-corrected chi connectivity index (χ4v) is 3.32. The van der Waals surface area contributed by atoms with Crippen molar-refractivity contribution >= 4 is 28.6 Å². The van der Waals surface area contributed by atoms with Crippen LogP contribution in [0.2, 0.25) is 0 Å². The van der Waals surface area contributed by atoms with Gasteiger partial charge in [-0.25, -0.2) is 4.98 Å². The molecular weight excluding hydrogens is 328 g/mol. The first-order chi connectivity index (χ1) is 12.6. The van der Waals surface area contributed by atoms with Gasteiger partial charge in [-0.05, 0) is 32.0 Å². The Labute approximate surface area is 151 Å². The Kier molecular flexibility index (Phi) is 4.23. The molecule has 0 saturated carbocycles. The molecule has 2 atom stereocenters. The molecule has 1 aliphatic rings. The number of nitrogens with zero attached hydrogens (tertiary/aromatic N) is 3. The van der Waals surface area contributed by atoms with E-state index in [0.717, 1.165) is 30.0 Å². The van der Waals surface area contributed by atoms with Crippen LogP contribution in [0.15, 0.2) is 40.8 Å². The van der Waals surface area contributed by atoms with E-state index in [2.05, 4.69) is 34.8 Å². The zero-order valence-corrected chi connectivity index (χ0v) is 14.8. The second kappa shape index (κ2) is 6.70. The number of fused-ring (bicyclic) bond motifs is 1. The lowest BCUT2D eigenvalue weighted by molar-refractivity contribution is -0.00641. The number of H-pyrrole nitrogens is 1. The van der Waals surface area contributed by atoms with Gasteiger partial charge in [-0.2, -0.15) is 5.26 Å². The summed E-state index contributed by atoms with van der Waals surface area (Å²) in [5, 5.41) is 9.54. The first kappa shape index (κ1) is 16.4. The van der Waals surface area contributed by atoms with Crippen LogP contribution in [0, 0.1) is 11.3 Å². The van der Waals surface area contributed by atoms with Gasteiger partial charge in [0, 0.05) is 25.2 Å². The van der Waals surface area contributed by atoms with E-state index in [4.69, 9.17) is 9.15 Å². The number of morpholine rings is 1. The van der Waals surface area contributed by atoms with Crippen molar-refractivity contribution in [2.24, 2.45) is 0 Å². The van der Waals surface area contributed by atoms with Gasteiger partial charge in [0.15, 0.2) is 5.88 Å². The highest BCUT2D eigenvalue weighted by Gasteiger charge is 2.24. The van der Waals surface area contributed by atoms with E-state index in [1.54, 1.807) is 6.08 Å². The van der Waals surface area contributed by atoms with Crippen molar-refractivity contribution in [3.63, 3.8) is 0 Å². The molecule has 6 nitrogen and oxygen atoms in total. The van der Waals surface area contributed by atoms with E-state index in [0.29, 0.717) is 17.2 Å². The molecule has 3 aromatic rings. The number of imidazole rings is 1. The number of rotatable bonds is 3. The van der Waals surface area contributed by atoms with Crippen molar-refractivity contribution < 1.29 is 9.15 Å². The van der Waals surface area contributed by atoms with Gasteiger partial charge in [0.1, 0.15) is 17.7 Å². The minimum atomic E-state index is 0.160. The Morgan fingerprint density at radius 2 is 2.00 bits per heavy atom. The van der Waals surface area contributed by atoms with Crippen LogP contribution < -0.4 is 4.90 Å². The fourth-order valence-electron chi connectivity index (χ4n) is 3.32. The van der Waals surface area contributed by atoms with Gasteiger partial charge < -0.3 is 19.0 Å². The second-order valence-corrected chi connectivity index (χ2v) is 6.61. The molecule has 4 rings (SSSR count). The standard InChI is InChI=1S/C20H20N4O2/c1-13-11-24(12-14(2)25-13)19-8-7-16(26-19)9-15(10-21)20-22-17-5-3-4-6-18(17)23-20/h3-9,13-14H,11-12H2,1-2H3,(H,22,23)/b15-9+/t13-,14+. The molecule has 0 bridgehead atoms. The summed E-state index contributed by atoms with van der Waals surface area (Å²) >= 11 is 0. The number of hydrogen-bond donors (Lipinski definition) is 1. The fraction of sp³-hybridized carbons (Fsp3) is 0.300. The van der Waals surface area contributed by atoms with Crippen LogP contribution in [0.25, 0.3) is 22.7 Å². The Hall–Kier alpha value is -3.04. The predicted octanol–water partition coefficient (Wildman–Crippen LogP) is 3.83. The van der Waals surface area contributed by atoms with Crippen LogP contribution in [0.4, 0.5) is 5.88 Å². The third-order valence-corrected chi connectivity index (χ3v) is 4.40. The van der Waals surface area contributed by atoms with Crippen LogP contribution in [0.3, 0.4) is 0 Å². The molecule has 1 aliphatic heterocycles. The van der Waals surface area contributed by atoms with Crippen LogP contribution >= 0.6 is 0 Å². The van der Waals surface area contributed by atoms with Crippen LogP contribution in [-0.2, 0) is 4.74 Å². The molecule has 2 aromatic heterocycles. The number of aromatic amines is 1. The Balaban J connectivity index is 1.61. The second-order valence-electron chi connectivity index (χ2n) is 6.61. The van der Waals surface area contributed by atoms with Gasteiger partial charge in [-0.15, -0.1) is 0 Å². The van der Waals surface area contributed by atoms with Crippen LogP contribution in [-0.4, -0.2) is 35.3 Å². The van der Waals surface area contributed by atoms with Crippen molar-refractivity contribution in [2.45, 2.75) is 26.1 Å². The third kappa shape index (κ3) is 3.22. The number of benzene rings is 1. The van der Waals surface area contributed by atoms with E-state index < -0.39 is 0 Å². The maximum atomic E-state index is 9.54. The maximum absolute atomic E-state index is 9.54. The minimum absolute atomic E-state index is 0.160. The van der Waals surface area contributed by atoms with Crippen molar-refractivity contribution in [1.82, 2.24) is 9.97 Å². The highest BCUT2D eigenvalue weighted by molar-refractivity contribution is 5.89. The lowest BCUT2D eigenvalue weighted by Gasteiger charge is -2.35. The Bertz CT molecular complexity index is 952. The SMILES string of the molecule is C[C@@H]1CN(c2ccc(/C=C(\C#N)c3nc4ccccc4[nH]3)o2)C[C@H](C)O1. The molecule has 3 heterocycles. The highest BCUT2D eigenvalue weighted by atomic mass is 16.5. The lowest BCUT2D eigenvalue weighted by atomic mass is 10.2. The number of para-hydroxylation sites is 2. The number of furan rings is 1. The van der Waals surface area contributed by atoms with Crippen molar-refractivity contribution in [3.05, 3.63) is 48.0 Å². The maximum Gasteiger partial charge on any atom is 0.196 e. The number of ether oxygens (including phenoxy) is 1. The van der Waals surface area contributed by atoms with Gasteiger partial charge in [0.2, 0.25) is 0 Å². The molecule has 0 unspecified atom stereocenters. The molecule has 1 aromatic carbocycles. The summed E-state index contributed by atoms with van der Waals surface area (Å²) in [6.07, 6.45) is 2.04. The summed E-state index contributed by atoms with van der Waals surface area (Å²) in [4.78, 5) is 9.83. The van der Waals surface area contributed by atoms with Crippen molar-refractivity contribution in [2.75, 3.05) is 18.0 Å². The number of nitrogens with one attached hydrogen (secondary N) is 1. The first-order valence-corrected chi connectivity index (χ1v) is 8.69. The number of nitriles is 1. The molecule has 1 fully saturated rings. The Morgan fingerprint density at radius 1 is 1.23 bits per heavy atom. The number of allylic oxidation sites excluding steroid dienone is 1. The van der Waals surface area contributed by atoms with E-state index in [-0.39, 0.29) is 12.2 Å². The smallest absolute Gasteiger partial charge is 0.196 e. The zero-order chi connectivity index (χ0) is 18.1. The summed E-state index contributed by atoms with van der Waals surface area (Å²) in [7, 11) is 0. The highest BCUT2D eigenvalue weighted by Crippen LogP contribution is 2.26. The molecule has 1 saturated heterocycles. The average molecular weight is 348 g/mol. The van der Waals surface area contributed by atoms with E-state index in [1.165, 1.54) is 0 Å². The normalized spacial score (nSPS) is 21.1. The van der Waals surface area contributed by atoms with Gasteiger partial charge in [0.05, 0.1) is 28.8 Å². The molecule has 6 heteroatoms. The first-order valence-electron chi connectivity index (χ1n) is 8.69. The van der Waals surface area contributed by atoms with Gasteiger partial charge in [-0.1, -0.05) is 12.1 Å². The van der Waals surface area contributed by atoms with E-state index >= 15 is 0 Å². The number of aromatic nitrogens is 2. The summed E-state index contributed by atoms with van der Waals surface area (Å²) in [5.74, 6) is 1.96. The zero-order valence-electron chi connectivity index (χ0n) is 14.8. The van der Waals surface area contributed by atoms with Gasteiger partial charge in [-0.3, -0.25) is 0 Å². The average Bonchev–Trinajstić information content (AvgIpc) is 3.25. The summed E-state index contributed by atoms with van der Waals surface area (Å²) in [6.45, 7) is 5.69. The number of anilines is 1. The predicted molar refractivity (Wildman–Crippen MR) is 101 cm³/mol. The lowest BCUT2D eigenvalue weighted by Crippen LogP contribution is -2.45. The number of hydrogen-bond acceptors (Lipinski definition) is 5. The Morgan fingerprint density at radius 3 is 2.73 bits per heavy atom. The van der Waals surface area contributed by atoms with Gasteiger partial charge in [0.25, 0.3) is 0 Å². The molecule has 26 heavy (non-hydrogen) atoms. The van der Waals surface area contributed by atoms with Crippen LogP contribution in [0.5, 0.6) is 0 Å². The molecular formula is C20H20N4O2. The molecule has 132 valence electrons. The topological polar surface area (TPSA) is 78.1 Å². The summed E-state index contributed by atoms with van der Waals surface area (Å²) in [6, 6.07) is 13.7. The molecule has 1 N–H and O–H groups in total. The minimum Gasteiger partial charge on any atom is -0.441 e. The van der Waals surface area contributed by atoms with Crippen molar-refractivity contribution in [1.29, 1.82) is 5.26 Å².